The summed E-state index contributed by atoms with van der Waals surface area (Å²) in [7, 11) is 0. The maximum Gasteiger partial charge on any atom is 0.307 e. The third kappa shape index (κ3) is 2.33. The Bertz CT molecular complexity index is 422. The average molecular weight is 236 g/mol. The zero-order valence-corrected chi connectivity index (χ0v) is 10.1. The lowest BCUT2D eigenvalue weighted by Crippen LogP contribution is -2.03. The fraction of sp³-hybridized carbons (Fsp3) is 0.500. The zero-order chi connectivity index (χ0) is 12.6. The first kappa shape index (κ1) is 12.1. The second-order valence-corrected chi connectivity index (χ2v) is 5.41. The minimum Gasteiger partial charge on any atom is -0.481 e. The summed E-state index contributed by atoms with van der Waals surface area (Å²) in [4.78, 5) is 11.0. The lowest BCUT2D eigenvalue weighted by atomic mass is 10.0. The van der Waals surface area contributed by atoms with Crippen LogP contribution in [0, 0.1) is 23.1 Å². The van der Waals surface area contributed by atoms with Crippen molar-refractivity contribution < 1.29 is 14.3 Å². The number of hydrogen-bond acceptors (Lipinski definition) is 1. The summed E-state index contributed by atoms with van der Waals surface area (Å²) in [6, 6.07) is 6.42. The molecule has 1 saturated carbocycles. The number of aliphatic carboxylic acids is 1. The van der Waals surface area contributed by atoms with Gasteiger partial charge < -0.3 is 5.11 Å². The van der Waals surface area contributed by atoms with E-state index in [0.29, 0.717) is 0 Å². The molecule has 0 bridgehead atoms. The molecule has 0 heterocycles. The summed E-state index contributed by atoms with van der Waals surface area (Å²) in [6.07, 6.45) is 1.67. The van der Waals surface area contributed by atoms with Crippen molar-refractivity contribution in [2.45, 2.75) is 26.7 Å². The Hall–Kier alpha value is -1.38. The molecule has 3 heteroatoms. The summed E-state index contributed by atoms with van der Waals surface area (Å²) in [5.41, 5.74) is 0.976. The molecule has 1 fully saturated rings. The monoisotopic (exact) mass is 236 g/mol. The summed E-state index contributed by atoms with van der Waals surface area (Å²) in [6.45, 7) is 4.00. The summed E-state index contributed by atoms with van der Waals surface area (Å²) < 4.78 is 12.7. The van der Waals surface area contributed by atoms with Crippen molar-refractivity contribution in [3.63, 3.8) is 0 Å². The normalized spacial score (nSPS) is 25.6. The van der Waals surface area contributed by atoms with Crippen LogP contribution >= 0.6 is 0 Å². The number of rotatable bonds is 4. The largest absolute Gasteiger partial charge is 0.481 e. The molecule has 1 aliphatic rings. The van der Waals surface area contributed by atoms with Crippen molar-refractivity contribution in [2.75, 3.05) is 0 Å². The minimum atomic E-state index is -0.695. The van der Waals surface area contributed by atoms with E-state index >= 15 is 0 Å². The molecule has 1 aliphatic carbocycles. The van der Waals surface area contributed by atoms with Gasteiger partial charge in [-0.05, 0) is 41.9 Å². The van der Waals surface area contributed by atoms with Crippen molar-refractivity contribution in [1.82, 2.24) is 0 Å². The smallest absolute Gasteiger partial charge is 0.307 e. The van der Waals surface area contributed by atoms with E-state index in [4.69, 9.17) is 5.11 Å². The maximum atomic E-state index is 12.7. The van der Waals surface area contributed by atoms with Crippen LogP contribution in [0.5, 0.6) is 0 Å². The summed E-state index contributed by atoms with van der Waals surface area (Å²) >= 11 is 0. The second-order valence-electron chi connectivity index (χ2n) is 5.41. The molecule has 17 heavy (non-hydrogen) atoms. The number of aryl methyl sites for hydroxylation is 1. The van der Waals surface area contributed by atoms with Gasteiger partial charge in [0, 0.05) is 0 Å². The van der Waals surface area contributed by atoms with Crippen molar-refractivity contribution in [3.8, 4) is 0 Å². The molecule has 0 radical (unpaired) electrons. The molecule has 1 aromatic rings. The standard InChI is InChI=1S/C14H17FO2/c1-14(2)11(12(14)13(16)17)8-5-9-3-6-10(15)7-4-9/h3-4,6-7,11-12H,5,8H2,1-2H3,(H,16,17)/t11-,12+/m0/s1. The molecule has 2 atom stereocenters. The van der Waals surface area contributed by atoms with Crippen LogP contribution in [0.1, 0.15) is 25.8 Å². The van der Waals surface area contributed by atoms with Crippen LogP contribution in [0.25, 0.3) is 0 Å². The Morgan fingerprint density at radius 2 is 1.94 bits per heavy atom. The zero-order valence-electron chi connectivity index (χ0n) is 10.1. The lowest BCUT2D eigenvalue weighted by Gasteiger charge is -2.03. The van der Waals surface area contributed by atoms with E-state index in [9.17, 15) is 9.18 Å². The van der Waals surface area contributed by atoms with Gasteiger partial charge in [0.2, 0.25) is 0 Å². The van der Waals surface area contributed by atoms with Gasteiger partial charge in [0.1, 0.15) is 5.82 Å². The number of carbonyl (C=O) groups is 1. The molecule has 0 saturated heterocycles. The number of carboxylic acids is 1. The third-order valence-corrected chi connectivity index (χ3v) is 3.97. The van der Waals surface area contributed by atoms with Gasteiger partial charge in [-0.1, -0.05) is 26.0 Å². The predicted octanol–water partition coefficient (Wildman–Crippen LogP) is 3.12. The number of hydrogen-bond donors (Lipinski definition) is 1. The van der Waals surface area contributed by atoms with Gasteiger partial charge in [0.25, 0.3) is 0 Å². The van der Waals surface area contributed by atoms with E-state index in [1.165, 1.54) is 12.1 Å². The number of halogens is 1. The molecule has 0 aromatic heterocycles. The van der Waals surface area contributed by atoms with Crippen molar-refractivity contribution in [3.05, 3.63) is 35.6 Å². The highest BCUT2D eigenvalue weighted by Crippen LogP contribution is 2.60. The first-order valence-electron chi connectivity index (χ1n) is 5.90. The molecule has 1 N–H and O–H groups in total. The average Bonchev–Trinajstić information content (AvgIpc) is 2.80. The molecule has 2 nitrogen and oxygen atoms in total. The van der Waals surface area contributed by atoms with Crippen LogP contribution in [0.15, 0.2) is 24.3 Å². The van der Waals surface area contributed by atoms with E-state index in [1.807, 2.05) is 13.8 Å². The molecule has 0 unspecified atom stereocenters. The molecule has 2 rings (SSSR count). The molecule has 1 aromatic carbocycles. The van der Waals surface area contributed by atoms with Crippen LogP contribution in [0.4, 0.5) is 4.39 Å². The highest BCUT2D eigenvalue weighted by molar-refractivity contribution is 5.75. The fourth-order valence-corrected chi connectivity index (χ4v) is 2.75. The van der Waals surface area contributed by atoms with Gasteiger partial charge in [-0.15, -0.1) is 0 Å². The predicted molar refractivity (Wildman–Crippen MR) is 63.1 cm³/mol. The van der Waals surface area contributed by atoms with Gasteiger partial charge in [-0.25, -0.2) is 4.39 Å². The first-order valence-corrected chi connectivity index (χ1v) is 5.90. The third-order valence-electron chi connectivity index (χ3n) is 3.97. The number of benzene rings is 1. The molecule has 92 valence electrons. The van der Waals surface area contributed by atoms with Gasteiger partial charge >= 0.3 is 5.97 Å². The van der Waals surface area contributed by atoms with Crippen molar-refractivity contribution in [1.29, 1.82) is 0 Å². The van der Waals surface area contributed by atoms with E-state index < -0.39 is 5.97 Å². The van der Waals surface area contributed by atoms with E-state index in [2.05, 4.69) is 0 Å². The van der Waals surface area contributed by atoms with Crippen molar-refractivity contribution >= 4 is 5.97 Å². The minimum absolute atomic E-state index is 0.0914. The molecule has 0 spiro atoms. The van der Waals surface area contributed by atoms with Gasteiger partial charge in [0.05, 0.1) is 5.92 Å². The topological polar surface area (TPSA) is 37.3 Å². The number of carboxylic acid groups (broad SMARTS) is 1. The Labute approximate surface area is 100 Å². The highest BCUT2D eigenvalue weighted by atomic mass is 19.1. The van der Waals surface area contributed by atoms with Gasteiger partial charge in [0.15, 0.2) is 0 Å². The summed E-state index contributed by atoms with van der Waals surface area (Å²) in [5.74, 6) is -0.906. The van der Waals surface area contributed by atoms with Crippen LogP contribution in [0.3, 0.4) is 0 Å². The van der Waals surface area contributed by atoms with Gasteiger partial charge in [-0.2, -0.15) is 0 Å². The lowest BCUT2D eigenvalue weighted by molar-refractivity contribution is -0.139. The Balaban J connectivity index is 1.92. The molecular formula is C14H17FO2. The maximum absolute atomic E-state index is 12.7. The molecular weight excluding hydrogens is 219 g/mol. The summed E-state index contributed by atoms with van der Waals surface area (Å²) in [5, 5.41) is 9.04. The van der Waals surface area contributed by atoms with Crippen LogP contribution < -0.4 is 0 Å². The Kier molecular flexibility index (Phi) is 2.94. The van der Waals surface area contributed by atoms with Crippen LogP contribution in [-0.2, 0) is 11.2 Å². The fourth-order valence-electron chi connectivity index (χ4n) is 2.75. The van der Waals surface area contributed by atoms with E-state index in [-0.39, 0.29) is 23.1 Å². The second kappa shape index (κ2) is 4.13. The Morgan fingerprint density at radius 3 is 2.41 bits per heavy atom. The van der Waals surface area contributed by atoms with Crippen molar-refractivity contribution in [2.24, 2.45) is 17.3 Å². The highest BCUT2D eigenvalue weighted by Gasteiger charge is 2.61. The molecule has 0 amide bonds. The van der Waals surface area contributed by atoms with E-state index in [0.717, 1.165) is 18.4 Å². The quantitative estimate of drug-likeness (QED) is 0.872. The first-order chi connectivity index (χ1) is 7.93. The van der Waals surface area contributed by atoms with Crippen LogP contribution in [0.2, 0.25) is 0 Å². The SMILES string of the molecule is CC1(C)[C@@H](CCc2ccc(F)cc2)[C@@H]1C(=O)O. The van der Waals surface area contributed by atoms with Gasteiger partial charge in [-0.3, -0.25) is 4.79 Å². The Morgan fingerprint density at radius 1 is 1.35 bits per heavy atom. The van der Waals surface area contributed by atoms with Crippen LogP contribution in [-0.4, -0.2) is 11.1 Å². The van der Waals surface area contributed by atoms with E-state index in [1.54, 1.807) is 12.1 Å². The molecule has 0 aliphatic heterocycles.